The monoisotopic (exact) mass is 242 g/mol. The molecule has 0 unspecified atom stereocenters. The Morgan fingerprint density at radius 3 is 2.06 bits per heavy atom. The Kier molecular flexibility index (Phi) is 8.23. The Hall–Kier alpha value is -0.570. The standard InChI is InChI=1S/C10H18N2O.2C2H6/c1-2-12-8-5-10(9(12)13)3-6-11-7-4-10;2*1-2/h11H,2-8H2,1H3;2*1-2H3. The molecule has 0 radical (unpaired) electrons. The zero-order valence-corrected chi connectivity index (χ0v) is 12.3. The number of carbonyl (C=O) groups excluding carboxylic acids is 1. The van der Waals surface area contributed by atoms with Gasteiger partial charge in [-0.15, -0.1) is 0 Å². The molecule has 0 aromatic carbocycles. The number of nitrogens with one attached hydrogen (secondary N) is 1. The smallest absolute Gasteiger partial charge is 0.228 e. The summed E-state index contributed by atoms with van der Waals surface area (Å²) in [6.45, 7) is 14.0. The zero-order valence-electron chi connectivity index (χ0n) is 12.3. The van der Waals surface area contributed by atoms with Crippen LogP contribution in [-0.4, -0.2) is 37.0 Å². The van der Waals surface area contributed by atoms with Crippen LogP contribution in [-0.2, 0) is 4.79 Å². The summed E-state index contributed by atoms with van der Waals surface area (Å²) in [7, 11) is 0. The second-order valence-electron chi connectivity index (χ2n) is 4.17. The molecule has 1 N–H and O–H groups in total. The van der Waals surface area contributed by atoms with E-state index < -0.39 is 0 Å². The molecule has 3 nitrogen and oxygen atoms in total. The van der Waals surface area contributed by atoms with E-state index in [4.69, 9.17) is 0 Å². The van der Waals surface area contributed by atoms with Crippen molar-refractivity contribution in [2.45, 2.75) is 53.9 Å². The molecule has 17 heavy (non-hydrogen) atoms. The van der Waals surface area contributed by atoms with E-state index in [1.165, 1.54) is 0 Å². The van der Waals surface area contributed by atoms with Gasteiger partial charge < -0.3 is 10.2 Å². The Bertz CT molecular complexity index is 210. The summed E-state index contributed by atoms with van der Waals surface area (Å²) in [5.74, 6) is 0.413. The molecule has 2 aliphatic rings. The van der Waals surface area contributed by atoms with Gasteiger partial charge in [-0.1, -0.05) is 27.7 Å². The van der Waals surface area contributed by atoms with Crippen molar-refractivity contribution in [3.63, 3.8) is 0 Å². The van der Waals surface area contributed by atoms with Crippen molar-refractivity contribution in [3.8, 4) is 0 Å². The van der Waals surface area contributed by atoms with Gasteiger partial charge in [-0.25, -0.2) is 0 Å². The van der Waals surface area contributed by atoms with Gasteiger partial charge in [-0.05, 0) is 39.3 Å². The summed E-state index contributed by atoms with van der Waals surface area (Å²) >= 11 is 0. The molecule has 3 heteroatoms. The largest absolute Gasteiger partial charge is 0.342 e. The number of carbonyl (C=O) groups is 1. The van der Waals surface area contributed by atoms with Crippen LogP contribution in [0.5, 0.6) is 0 Å². The van der Waals surface area contributed by atoms with Gasteiger partial charge in [0.15, 0.2) is 0 Å². The van der Waals surface area contributed by atoms with E-state index in [1.807, 2.05) is 32.6 Å². The number of hydrogen-bond donors (Lipinski definition) is 1. The Morgan fingerprint density at radius 1 is 1.12 bits per heavy atom. The number of likely N-dealkylation sites (tertiary alicyclic amines) is 1. The quantitative estimate of drug-likeness (QED) is 0.766. The molecule has 2 aliphatic heterocycles. The number of piperidine rings is 1. The summed E-state index contributed by atoms with van der Waals surface area (Å²) in [4.78, 5) is 14.0. The predicted octanol–water partition coefficient (Wildman–Crippen LogP) is 2.66. The number of amides is 1. The van der Waals surface area contributed by atoms with Crippen molar-refractivity contribution in [3.05, 3.63) is 0 Å². The van der Waals surface area contributed by atoms with Crippen molar-refractivity contribution in [1.82, 2.24) is 10.2 Å². The van der Waals surface area contributed by atoms with Crippen LogP contribution in [0.1, 0.15) is 53.9 Å². The topological polar surface area (TPSA) is 32.3 Å². The zero-order chi connectivity index (χ0) is 13.3. The first-order chi connectivity index (χ1) is 8.28. The maximum Gasteiger partial charge on any atom is 0.228 e. The minimum Gasteiger partial charge on any atom is -0.342 e. The summed E-state index contributed by atoms with van der Waals surface area (Å²) in [6, 6.07) is 0. The SMILES string of the molecule is CC.CC.CCN1CCC2(CCNCC2)C1=O. The Morgan fingerprint density at radius 2 is 1.65 bits per heavy atom. The molecule has 1 amide bonds. The van der Waals surface area contributed by atoms with Crippen LogP contribution in [0, 0.1) is 5.41 Å². The fraction of sp³-hybridized carbons (Fsp3) is 0.929. The lowest BCUT2D eigenvalue weighted by atomic mass is 9.78. The third-order valence-corrected chi connectivity index (χ3v) is 3.54. The summed E-state index contributed by atoms with van der Waals surface area (Å²) in [6.07, 6.45) is 3.17. The van der Waals surface area contributed by atoms with E-state index in [0.29, 0.717) is 5.91 Å². The molecule has 2 heterocycles. The molecule has 0 aliphatic carbocycles. The van der Waals surface area contributed by atoms with E-state index in [-0.39, 0.29) is 5.41 Å². The average Bonchev–Trinajstić information content (AvgIpc) is 2.72. The van der Waals surface area contributed by atoms with Gasteiger partial charge >= 0.3 is 0 Å². The Balaban J connectivity index is 0.000000581. The van der Waals surface area contributed by atoms with Crippen LogP contribution in [0.4, 0.5) is 0 Å². The highest BCUT2D eigenvalue weighted by atomic mass is 16.2. The number of nitrogens with zero attached hydrogens (tertiary/aromatic N) is 1. The molecule has 0 saturated carbocycles. The average molecular weight is 242 g/mol. The second kappa shape index (κ2) is 8.51. The van der Waals surface area contributed by atoms with E-state index in [0.717, 1.165) is 45.4 Å². The van der Waals surface area contributed by atoms with Crippen molar-refractivity contribution in [1.29, 1.82) is 0 Å². The molecule has 0 aromatic heterocycles. The van der Waals surface area contributed by atoms with Crippen LogP contribution in [0.2, 0.25) is 0 Å². The molecule has 2 saturated heterocycles. The van der Waals surface area contributed by atoms with Gasteiger partial charge in [-0.2, -0.15) is 0 Å². The van der Waals surface area contributed by atoms with Crippen molar-refractivity contribution >= 4 is 5.91 Å². The Labute approximate surface area is 107 Å². The fourth-order valence-electron chi connectivity index (χ4n) is 2.56. The van der Waals surface area contributed by atoms with E-state index >= 15 is 0 Å². The van der Waals surface area contributed by atoms with Gasteiger partial charge in [0.25, 0.3) is 0 Å². The maximum absolute atomic E-state index is 12.0. The third kappa shape index (κ3) is 3.70. The van der Waals surface area contributed by atoms with E-state index in [2.05, 4.69) is 12.2 Å². The molecule has 0 bridgehead atoms. The van der Waals surface area contributed by atoms with E-state index in [9.17, 15) is 4.79 Å². The highest BCUT2D eigenvalue weighted by molar-refractivity contribution is 5.84. The number of rotatable bonds is 1. The maximum atomic E-state index is 12.0. The van der Waals surface area contributed by atoms with Crippen molar-refractivity contribution < 1.29 is 4.79 Å². The summed E-state index contributed by atoms with van der Waals surface area (Å²) in [5, 5.41) is 3.32. The molecule has 102 valence electrons. The minimum absolute atomic E-state index is 0.0290. The van der Waals surface area contributed by atoms with Crippen LogP contribution in [0.15, 0.2) is 0 Å². The lowest BCUT2D eigenvalue weighted by Crippen LogP contribution is -2.42. The highest BCUT2D eigenvalue weighted by Crippen LogP contribution is 2.39. The molecule has 2 rings (SSSR count). The molecule has 1 spiro atoms. The minimum atomic E-state index is 0.0290. The molecule has 2 fully saturated rings. The van der Waals surface area contributed by atoms with Crippen LogP contribution < -0.4 is 5.32 Å². The normalized spacial score (nSPS) is 21.5. The summed E-state index contributed by atoms with van der Waals surface area (Å²) < 4.78 is 0. The third-order valence-electron chi connectivity index (χ3n) is 3.54. The first-order valence-corrected chi connectivity index (χ1v) is 7.29. The van der Waals surface area contributed by atoms with Crippen molar-refractivity contribution in [2.75, 3.05) is 26.2 Å². The number of hydrogen-bond acceptors (Lipinski definition) is 2. The predicted molar refractivity (Wildman–Crippen MR) is 74.1 cm³/mol. The lowest BCUT2D eigenvalue weighted by molar-refractivity contribution is -0.137. The highest BCUT2D eigenvalue weighted by Gasteiger charge is 2.46. The van der Waals surface area contributed by atoms with Crippen LogP contribution >= 0.6 is 0 Å². The fourth-order valence-corrected chi connectivity index (χ4v) is 2.56. The summed E-state index contributed by atoms with van der Waals surface area (Å²) in [5.41, 5.74) is 0.0290. The van der Waals surface area contributed by atoms with Gasteiger partial charge in [0.05, 0.1) is 5.41 Å². The van der Waals surface area contributed by atoms with E-state index in [1.54, 1.807) is 0 Å². The second-order valence-corrected chi connectivity index (χ2v) is 4.17. The van der Waals surface area contributed by atoms with Gasteiger partial charge in [-0.3, -0.25) is 4.79 Å². The molecular formula is C14H30N2O. The first kappa shape index (κ1) is 16.4. The van der Waals surface area contributed by atoms with Crippen molar-refractivity contribution in [2.24, 2.45) is 5.41 Å². The van der Waals surface area contributed by atoms with Gasteiger partial charge in [0.1, 0.15) is 0 Å². The van der Waals surface area contributed by atoms with Crippen LogP contribution in [0.3, 0.4) is 0 Å². The molecule has 0 atom stereocenters. The lowest BCUT2D eigenvalue weighted by Gasteiger charge is -2.31. The van der Waals surface area contributed by atoms with Gasteiger partial charge in [0.2, 0.25) is 5.91 Å². The molecular weight excluding hydrogens is 212 g/mol. The first-order valence-electron chi connectivity index (χ1n) is 7.29. The molecule has 0 aromatic rings. The van der Waals surface area contributed by atoms with Gasteiger partial charge in [0, 0.05) is 13.1 Å². The van der Waals surface area contributed by atoms with Crippen LogP contribution in [0.25, 0.3) is 0 Å².